The van der Waals surface area contributed by atoms with Gasteiger partial charge in [-0.3, -0.25) is 5.41 Å². The summed E-state index contributed by atoms with van der Waals surface area (Å²) in [5, 5.41) is 8.13. The van der Waals surface area contributed by atoms with E-state index in [1.807, 2.05) is 0 Å². The van der Waals surface area contributed by atoms with Crippen LogP contribution in [-0.4, -0.2) is 23.8 Å². The third-order valence-corrected chi connectivity index (χ3v) is 3.51. The zero-order chi connectivity index (χ0) is 10.6. The van der Waals surface area contributed by atoms with Crippen LogP contribution < -0.4 is 0 Å². The van der Waals surface area contributed by atoms with Crippen LogP contribution in [0.3, 0.4) is 0 Å². The molecule has 2 heteroatoms. The predicted molar refractivity (Wildman–Crippen MR) is 61.8 cm³/mol. The van der Waals surface area contributed by atoms with Crippen molar-refractivity contribution in [2.45, 2.75) is 46.5 Å². The summed E-state index contributed by atoms with van der Waals surface area (Å²) < 4.78 is 0. The highest BCUT2D eigenvalue weighted by Gasteiger charge is 2.23. The topological polar surface area (TPSA) is 27.1 Å². The molecule has 0 aromatic heterocycles. The van der Waals surface area contributed by atoms with Crippen LogP contribution >= 0.6 is 0 Å². The summed E-state index contributed by atoms with van der Waals surface area (Å²) in [6, 6.07) is 0. The van der Waals surface area contributed by atoms with Gasteiger partial charge in [0.05, 0.1) is 5.84 Å². The molecule has 1 aliphatic carbocycles. The van der Waals surface area contributed by atoms with Gasteiger partial charge in [-0.25, -0.2) is 0 Å². The number of hydrogen-bond acceptors (Lipinski definition) is 1. The van der Waals surface area contributed by atoms with Crippen molar-refractivity contribution >= 4 is 5.84 Å². The summed E-state index contributed by atoms with van der Waals surface area (Å²) >= 11 is 0. The van der Waals surface area contributed by atoms with E-state index in [1.54, 1.807) is 0 Å². The van der Waals surface area contributed by atoms with Crippen LogP contribution in [-0.2, 0) is 0 Å². The zero-order valence-electron chi connectivity index (χ0n) is 9.84. The van der Waals surface area contributed by atoms with E-state index in [0.29, 0.717) is 5.92 Å². The molecule has 0 unspecified atom stereocenters. The molecule has 1 fully saturated rings. The van der Waals surface area contributed by atoms with E-state index in [4.69, 9.17) is 5.41 Å². The minimum atomic E-state index is 0.547. The minimum Gasteiger partial charge on any atom is -0.361 e. The summed E-state index contributed by atoms with van der Waals surface area (Å²) in [7, 11) is 0. The Morgan fingerprint density at radius 1 is 1.14 bits per heavy atom. The van der Waals surface area contributed by atoms with Crippen LogP contribution in [0.15, 0.2) is 0 Å². The quantitative estimate of drug-likeness (QED) is 0.545. The zero-order valence-corrected chi connectivity index (χ0v) is 9.84. The SMILES string of the molecule is CCN(CC)C(=N)C1CCC(C)CC1. The lowest BCUT2D eigenvalue weighted by Gasteiger charge is -2.32. The fourth-order valence-corrected chi connectivity index (χ4v) is 2.36. The van der Waals surface area contributed by atoms with E-state index in [-0.39, 0.29) is 0 Å². The first-order valence-electron chi connectivity index (χ1n) is 6.02. The normalized spacial score (nSPS) is 27.4. The maximum Gasteiger partial charge on any atom is 0.0989 e. The lowest BCUT2D eigenvalue weighted by Crippen LogP contribution is -2.36. The second-order valence-electron chi connectivity index (χ2n) is 4.51. The molecule has 0 amide bonds. The maximum atomic E-state index is 8.13. The largest absolute Gasteiger partial charge is 0.361 e. The summed E-state index contributed by atoms with van der Waals surface area (Å²) in [6.07, 6.45) is 5.09. The van der Waals surface area contributed by atoms with E-state index in [0.717, 1.165) is 24.8 Å². The van der Waals surface area contributed by atoms with Crippen molar-refractivity contribution in [1.82, 2.24) is 4.90 Å². The Morgan fingerprint density at radius 3 is 2.07 bits per heavy atom. The van der Waals surface area contributed by atoms with Gasteiger partial charge < -0.3 is 4.90 Å². The van der Waals surface area contributed by atoms with Gasteiger partial charge in [0, 0.05) is 19.0 Å². The molecule has 82 valence electrons. The molecule has 0 spiro atoms. The number of nitrogens with zero attached hydrogens (tertiary/aromatic N) is 1. The predicted octanol–water partition coefficient (Wildman–Crippen LogP) is 3.13. The molecule has 0 aliphatic heterocycles. The number of hydrogen-bond donors (Lipinski definition) is 1. The van der Waals surface area contributed by atoms with Crippen molar-refractivity contribution in [2.75, 3.05) is 13.1 Å². The van der Waals surface area contributed by atoms with Crippen molar-refractivity contribution in [2.24, 2.45) is 11.8 Å². The minimum absolute atomic E-state index is 0.547. The van der Waals surface area contributed by atoms with Gasteiger partial charge in [0.25, 0.3) is 0 Å². The van der Waals surface area contributed by atoms with Crippen molar-refractivity contribution < 1.29 is 0 Å². The molecule has 14 heavy (non-hydrogen) atoms. The lowest BCUT2D eigenvalue weighted by atomic mass is 9.82. The average molecular weight is 196 g/mol. The fraction of sp³-hybridized carbons (Fsp3) is 0.917. The molecule has 0 radical (unpaired) electrons. The van der Waals surface area contributed by atoms with E-state index in [9.17, 15) is 0 Å². The van der Waals surface area contributed by atoms with Gasteiger partial charge in [-0.1, -0.05) is 19.8 Å². The van der Waals surface area contributed by atoms with E-state index < -0.39 is 0 Å². The van der Waals surface area contributed by atoms with E-state index in [2.05, 4.69) is 25.7 Å². The average Bonchev–Trinajstić information content (AvgIpc) is 2.20. The lowest BCUT2D eigenvalue weighted by molar-refractivity contribution is 0.315. The van der Waals surface area contributed by atoms with Gasteiger partial charge in [0.15, 0.2) is 0 Å². The van der Waals surface area contributed by atoms with Crippen LogP contribution in [0.1, 0.15) is 46.5 Å². The third-order valence-electron chi connectivity index (χ3n) is 3.51. The molecule has 0 heterocycles. The molecule has 0 aromatic rings. The monoisotopic (exact) mass is 196 g/mol. The Labute approximate surface area is 88.2 Å². The molecule has 0 atom stereocenters. The summed E-state index contributed by atoms with van der Waals surface area (Å²) in [4.78, 5) is 2.20. The molecule has 0 saturated heterocycles. The Morgan fingerprint density at radius 2 is 1.64 bits per heavy atom. The molecule has 1 N–H and O–H groups in total. The Balaban J connectivity index is 2.44. The van der Waals surface area contributed by atoms with Crippen LogP contribution in [0.2, 0.25) is 0 Å². The van der Waals surface area contributed by atoms with Gasteiger partial charge >= 0.3 is 0 Å². The first-order valence-corrected chi connectivity index (χ1v) is 6.02. The summed E-state index contributed by atoms with van der Waals surface area (Å²) in [5.74, 6) is 2.32. The maximum absolute atomic E-state index is 8.13. The molecular weight excluding hydrogens is 172 g/mol. The van der Waals surface area contributed by atoms with Crippen molar-refractivity contribution in [3.63, 3.8) is 0 Å². The fourth-order valence-electron chi connectivity index (χ4n) is 2.36. The Kier molecular flexibility index (Phi) is 4.43. The molecule has 2 nitrogen and oxygen atoms in total. The van der Waals surface area contributed by atoms with Gasteiger partial charge in [0.1, 0.15) is 0 Å². The van der Waals surface area contributed by atoms with Crippen molar-refractivity contribution in [3.05, 3.63) is 0 Å². The first kappa shape index (κ1) is 11.5. The second kappa shape index (κ2) is 5.38. The molecule has 0 bridgehead atoms. The molecule has 1 rings (SSSR count). The summed E-state index contributed by atoms with van der Waals surface area (Å²) in [5.41, 5.74) is 0. The number of nitrogens with one attached hydrogen (secondary N) is 1. The molecule has 1 aliphatic rings. The summed E-state index contributed by atoms with van der Waals surface area (Å²) in [6.45, 7) is 8.59. The number of amidine groups is 1. The smallest absolute Gasteiger partial charge is 0.0989 e. The van der Waals surface area contributed by atoms with Gasteiger partial charge in [-0.05, 0) is 32.6 Å². The Hall–Kier alpha value is -0.530. The van der Waals surface area contributed by atoms with E-state index >= 15 is 0 Å². The highest BCUT2D eigenvalue weighted by Crippen LogP contribution is 2.29. The Bertz CT molecular complexity index is 177. The van der Waals surface area contributed by atoms with Crippen LogP contribution in [0, 0.1) is 17.2 Å². The highest BCUT2D eigenvalue weighted by molar-refractivity contribution is 5.81. The van der Waals surface area contributed by atoms with Gasteiger partial charge in [-0.2, -0.15) is 0 Å². The van der Waals surface area contributed by atoms with Crippen LogP contribution in [0.25, 0.3) is 0 Å². The van der Waals surface area contributed by atoms with Gasteiger partial charge in [0.2, 0.25) is 0 Å². The molecule has 1 saturated carbocycles. The van der Waals surface area contributed by atoms with Gasteiger partial charge in [-0.15, -0.1) is 0 Å². The highest BCUT2D eigenvalue weighted by atomic mass is 15.2. The van der Waals surface area contributed by atoms with Crippen LogP contribution in [0.4, 0.5) is 0 Å². The molecular formula is C12H24N2. The van der Waals surface area contributed by atoms with Crippen molar-refractivity contribution in [1.29, 1.82) is 5.41 Å². The van der Waals surface area contributed by atoms with Crippen LogP contribution in [0.5, 0.6) is 0 Å². The van der Waals surface area contributed by atoms with Crippen molar-refractivity contribution in [3.8, 4) is 0 Å². The standard InChI is InChI=1S/C12H24N2/c1-4-14(5-2)12(13)11-8-6-10(3)7-9-11/h10-11,13H,4-9H2,1-3H3. The number of rotatable bonds is 3. The molecule has 0 aromatic carbocycles. The second-order valence-corrected chi connectivity index (χ2v) is 4.51. The first-order chi connectivity index (χ1) is 6.69. The van der Waals surface area contributed by atoms with E-state index in [1.165, 1.54) is 25.7 Å². The third kappa shape index (κ3) is 2.73.